The highest BCUT2D eigenvalue weighted by Crippen LogP contribution is 2.24. The summed E-state index contributed by atoms with van der Waals surface area (Å²) in [6, 6.07) is 7.97. The first-order valence-corrected chi connectivity index (χ1v) is 5.59. The third-order valence-corrected chi connectivity index (χ3v) is 2.52. The van der Waals surface area contributed by atoms with Gasteiger partial charge in [0, 0.05) is 0 Å². The predicted molar refractivity (Wildman–Crippen MR) is 65.1 cm³/mol. The molecule has 0 fully saturated rings. The highest BCUT2D eigenvalue weighted by atomic mass is 16.5. The second-order valence-corrected chi connectivity index (χ2v) is 5.15. The second kappa shape index (κ2) is 4.69. The number of carbonyl (C=O) groups is 1. The number of aryl methyl sites for hydroxylation is 1. The lowest BCUT2D eigenvalue weighted by Gasteiger charge is -2.22. The number of hydrogen-bond acceptors (Lipinski definition) is 2. The van der Waals surface area contributed by atoms with Crippen molar-refractivity contribution in [3.05, 3.63) is 35.4 Å². The van der Waals surface area contributed by atoms with Gasteiger partial charge in [-0.3, -0.25) is 4.79 Å². The van der Waals surface area contributed by atoms with Gasteiger partial charge in [-0.25, -0.2) is 0 Å². The van der Waals surface area contributed by atoms with E-state index in [9.17, 15) is 4.79 Å². The summed E-state index contributed by atoms with van der Waals surface area (Å²) in [5, 5.41) is 0. The van der Waals surface area contributed by atoms with E-state index in [1.54, 1.807) is 0 Å². The Kier molecular flexibility index (Phi) is 3.74. The molecular formula is C14H20O2. The Morgan fingerprint density at radius 2 is 1.81 bits per heavy atom. The van der Waals surface area contributed by atoms with Crippen molar-refractivity contribution in [2.45, 2.75) is 40.7 Å². The molecule has 0 bridgehead atoms. The van der Waals surface area contributed by atoms with Crippen LogP contribution in [0.5, 0.6) is 0 Å². The quantitative estimate of drug-likeness (QED) is 0.711. The molecule has 2 heteroatoms. The summed E-state index contributed by atoms with van der Waals surface area (Å²) in [6.07, 6.45) is -0.187. The molecule has 0 saturated carbocycles. The molecule has 0 heterocycles. The Hall–Kier alpha value is -1.31. The largest absolute Gasteiger partial charge is 0.457 e. The monoisotopic (exact) mass is 220 g/mol. The van der Waals surface area contributed by atoms with Gasteiger partial charge in [-0.05, 0) is 45.7 Å². The Morgan fingerprint density at radius 1 is 1.25 bits per heavy atom. The maximum Gasteiger partial charge on any atom is 0.311 e. The lowest BCUT2D eigenvalue weighted by Crippen LogP contribution is -2.24. The highest BCUT2D eigenvalue weighted by molar-refractivity contribution is 5.75. The van der Waals surface area contributed by atoms with Gasteiger partial charge in [0.05, 0.1) is 5.41 Å². The van der Waals surface area contributed by atoms with Crippen LogP contribution in [0.25, 0.3) is 0 Å². The van der Waals surface area contributed by atoms with Gasteiger partial charge in [0.1, 0.15) is 6.10 Å². The summed E-state index contributed by atoms with van der Waals surface area (Å²) in [6.45, 7) is 9.52. The molecule has 1 atom stereocenters. The molecule has 0 unspecified atom stereocenters. The molecule has 0 N–H and O–H groups in total. The second-order valence-electron chi connectivity index (χ2n) is 5.15. The number of benzene rings is 1. The molecule has 0 aliphatic heterocycles. The van der Waals surface area contributed by atoms with E-state index in [1.807, 2.05) is 58.9 Å². The van der Waals surface area contributed by atoms with Gasteiger partial charge in [-0.15, -0.1) is 0 Å². The van der Waals surface area contributed by atoms with Crippen molar-refractivity contribution in [3.8, 4) is 0 Å². The van der Waals surface area contributed by atoms with E-state index in [0.29, 0.717) is 0 Å². The van der Waals surface area contributed by atoms with Crippen LogP contribution in [0.2, 0.25) is 0 Å². The summed E-state index contributed by atoms with van der Waals surface area (Å²) >= 11 is 0. The Morgan fingerprint density at radius 3 is 2.31 bits per heavy atom. The van der Waals surface area contributed by atoms with Crippen LogP contribution in [0.1, 0.15) is 44.9 Å². The number of hydrogen-bond donors (Lipinski definition) is 0. The maximum atomic E-state index is 11.7. The Balaban J connectivity index is 2.78. The average Bonchev–Trinajstić information content (AvgIpc) is 2.16. The van der Waals surface area contributed by atoms with Gasteiger partial charge in [-0.2, -0.15) is 0 Å². The van der Waals surface area contributed by atoms with E-state index in [-0.39, 0.29) is 12.1 Å². The molecule has 16 heavy (non-hydrogen) atoms. The minimum atomic E-state index is -0.447. The van der Waals surface area contributed by atoms with Crippen LogP contribution in [0.15, 0.2) is 24.3 Å². The molecule has 0 spiro atoms. The fourth-order valence-corrected chi connectivity index (χ4v) is 1.44. The molecular weight excluding hydrogens is 200 g/mol. The average molecular weight is 220 g/mol. The minimum absolute atomic E-state index is 0.164. The lowest BCUT2D eigenvalue weighted by atomic mass is 9.97. The minimum Gasteiger partial charge on any atom is -0.457 e. The Bertz CT molecular complexity index is 375. The number of esters is 1. The van der Waals surface area contributed by atoms with Gasteiger partial charge < -0.3 is 4.74 Å². The van der Waals surface area contributed by atoms with Crippen LogP contribution in [0, 0.1) is 12.3 Å². The van der Waals surface area contributed by atoms with Crippen LogP contribution in [-0.4, -0.2) is 5.97 Å². The van der Waals surface area contributed by atoms with Crippen molar-refractivity contribution < 1.29 is 9.53 Å². The van der Waals surface area contributed by atoms with E-state index in [2.05, 4.69) is 0 Å². The van der Waals surface area contributed by atoms with Crippen LogP contribution in [0.3, 0.4) is 0 Å². The fraction of sp³-hybridized carbons (Fsp3) is 0.500. The topological polar surface area (TPSA) is 26.3 Å². The number of ether oxygens (including phenoxy) is 1. The SMILES string of the molecule is Cc1ccccc1[C@@H](C)OC(=O)C(C)(C)C. The van der Waals surface area contributed by atoms with Gasteiger partial charge in [0.2, 0.25) is 0 Å². The summed E-state index contributed by atoms with van der Waals surface area (Å²) < 4.78 is 5.44. The Labute approximate surface area is 97.6 Å². The summed E-state index contributed by atoms with van der Waals surface area (Å²) in [4.78, 5) is 11.7. The van der Waals surface area contributed by atoms with E-state index >= 15 is 0 Å². The first kappa shape index (κ1) is 12.8. The van der Waals surface area contributed by atoms with Gasteiger partial charge in [0.15, 0.2) is 0 Å². The van der Waals surface area contributed by atoms with Crippen molar-refractivity contribution in [2.24, 2.45) is 5.41 Å². The molecule has 0 aliphatic carbocycles. The third-order valence-electron chi connectivity index (χ3n) is 2.52. The van der Waals surface area contributed by atoms with Gasteiger partial charge in [-0.1, -0.05) is 24.3 Å². The molecule has 1 aromatic rings. The normalized spacial score (nSPS) is 13.3. The highest BCUT2D eigenvalue weighted by Gasteiger charge is 2.25. The van der Waals surface area contributed by atoms with Crippen molar-refractivity contribution in [1.82, 2.24) is 0 Å². The first-order chi connectivity index (χ1) is 7.32. The van der Waals surface area contributed by atoms with E-state index in [4.69, 9.17) is 4.74 Å². The zero-order valence-corrected chi connectivity index (χ0v) is 10.7. The molecule has 88 valence electrons. The summed E-state index contributed by atoms with van der Waals surface area (Å²) in [7, 11) is 0. The van der Waals surface area contributed by atoms with E-state index < -0.39 is 5.41 Å². The summed E-state index contributed by atoms with van der Waals surface area (Å²) in [5.41, 5.74) is 1.77. The summed E-state index contributed by atoms with van der Waals surface area (Å²) in [5.74, 6) is -0.164. The maximum absolute atomic E-state index is 11.7. The van der Waals surface area contributed by atoms with Crippen LogP contribution in [0.4, 0.5) is 0 Å². The van der Waals surface area contributed by atoms with Gasteiger partial charge >= 0.3 is 5.97 Å². The van der Waals surface area contributed by atoms with Crippen molar-refractivity contribution in [1.29, 1.82) is 0 Å². The molecule has 1 aromatic carbocycles. The predicted octanol–water partition coefficient (Wildman–Crippen LogP) is 3.65. The number of rotatable bonds is 2. The van der Waals surface area contributed by atoms with Crippen molar-refractivity contribution in [2.75, 3.05) is 0 Å². The lowest BCUT2D eigenvalue weighted by molar-refractivity contribution is -0.158. The van der Waals surface area contributed by atoms with Crippen LogP contribution >= 0.6 is 0 Å². The van der Waals surface area contributed by atoms with E-state index in [0.717, 1.165) is 11.1 Å². The van der Waals surface area contributed by atoms with Gasteiger partial charge in [0.25, 0.3) is 0 Å². The zero-order valence-electron chi connectivity index (χ0n) is 10.7. The molecule has 0 aromatic heterocycles. The number of carbonyl (C=O) groups excluding carboxylic acids is 1. The van der Waals surface area contributed by atoms with E-state index in [1.165, 1.54) is 0 Å². The molecule has 0 saturated heterocycles. The molecule has 2 nitrogen and oxygen atoms in total. The standard InChI is InChI=1S/C14H20O2/c1-10-8-6-7-9-12(10)11(2)16-13(15)14(3,4)5/h6-9,11H,1-5H3/t11-/m1/s1. The third kappa shape index (κ3) is 3.09. The molecule has 1 rings (SSSR count). The fourth-order valence-electron chi connectivity index (χ4n) is 1.44. The zero-order chi connectivity index (χ0) is 12.3. The molecule has 0 radical (unpaired) electrons. The van der Waals surface area contributed by atoms with Crippen molar-refractivity contribution >= 4 is 5.97 Å². The molecule has 0 aliphatic rings. The first-order valence-electron chi connectivity index (χ1n) is 5.59. The van der Waals surface area contributed by atoms with Crippen LogP contribution < -0.4 is 0 Å². The van der Waals surface area contributed by atoms with Crippen molar-refractivity contribution in [3.63, 3.8) is 0 Å². The molecule has 0 amide bonds. The van der Waals surface area contributed by atoms with Crippen LogP contribution in [-0.2, 0) is 9.53 Å². The smallest absolute Gasteiger partial charge is 0.311 e.